The van der Waals surface area contributed by atoms with Crippen LogP contribution in [0.25, 0.3) is 0 Å². The number of nitrogens with two attached hydrogens (primary N) is 1. The second-order valence-electron chi connectivity index (χ2n) is 5.70. The van der Waals surface area contributed by atoms with Crippen molar-refractivity contribution in [3.8, 4) is 0 Å². The van der Waals surface area contributed by atoms with Crippen molar-refractivity contribution in [1.29, 1.82) is 0 Å². The summed E-state index contributed by atoms with van der Waals surface area (Å²) in [5, 5.41) is 3.05. The second-order valence-corrected chi connectivity index (χ2v) is 5.70. The van der Waals surface area contributed by atoms with Gasteiger partial charge in [-0.15, -0.1) is 0 Å². The molecule has 0 spiro atoms. The van der Waals surface area contributed by atoms with Crippen LogP contribution in [0.3, 0.4) is 0 Å². The van der Waals surface area contributed by atoms with Crippen LogP contribution >= 0.6 is 0 Å². The molecule has 0 unspecified atom stereocenters. The molecule has 1 aliphatic heterocycles. The van der Waals surface area contributed by atoms with Crippen LogP contribution in [-0.4, -0.2) is 24.7 Å². The third-order valence-electron chi connectivity index (χ3n) is 4.32. The van der Waals surface area contributed by atoms with E-state index in [9.17, 15) is 4.79 Å². The van der Waals surface area contributed by atoms with Gasteiger partial charge in [-0.05, 0) is 55.7 Å². The molecule has 4 heteroatoms. The Bertz CT molecular complexity index is 501. The van der Waals surface area contributed by atoms with Gasteiger partial charge in [0.2, 0.25) is 0 Å². The van der Waals surface area contributed by atoms with Gasteiger partial charge in [0, 0.05) is 12.2 Å². The number of amides is 1. The Morgan fingerprint density at radius 2 is 2.15 bits per heavy atom. The van der Waals surface area contributed by atoms with Gasteiger partial charge >= 0.3 is 0 Å². The molecule has 20 heavy (non-hydrogen) atoms. The van der Waals surface area contributed by atoms with Crippen LogP contribution in [0.2, 0.25) is 0 Å². The summed E-state index contributed by atoms with van der Waals surface area (Å²) in [6.45, 7) is 0.491. The van der Waals surface area contributed by atoms with E-state index in [0.717, 1.165) is 31.4 Å². The molecule has 1 aromatic carbocycles. The molecule has 0 bridgehead atoms. The summed E-state index contributed by atoms with van der Waals surface area (Å²) in [4.78, 5) is 12.3. The standard InChI is InChI=1S/C16H22N2O2/c17-10-12-8-9-15(20-12)16(19)18-14-7-3-5-11-4-1-2-6-13(11)14/h3,5,7,12,15H,1-2,4,6,8-10,17H2,(H,18,19)/t12-,15+/m1/s1. The first-order chi connectivity index (χ1) is 9.78. The van der Waals surface area contributed by atoms with Crippen LogP contribution in [-0.2, 0) is 22.4 Å². The lowest BCUT2D eigenvalue weighted by molar-refractivity contribution is -0.126. The highest BCUT2D eigenvalue weighted by Gasteiger charge is 2.30. The van der Waals surface area contributed by atoms with Crippen molar-refractivity contribution >= 4 is 11.6 Å². The first kappa shape index (κ1) is 13.6. The summed E-state index contributed by atoms with van der Waals surface area (Å²) in [5.74, 6) is -0.0278. The lowest BCUT2D eigenvalue weighted by Gasteiger charge is -2.20. The Hall–Kier alpha value is -1.39. The maximum Gasteiger partial charge on any atom is 0.253 e. The van der Waals surface area contributed by atoms with E-state index in [1.54, 1.807) is 0 Å². The Kier molecular flexibility index (Phi) is 4.03. The molecule has 3 N–H and O–H groups in total. The van der Waals surface area contributed by atoms with E-state index >= 15 is 0 Å². The van der Waals surface area contributed by atoms with E-state index in [0.29, 0.717) is 6.54 Å². The highest BCUT2D eigenvalue weighted by atomic mass is 16.5. The summed E-state index contributed by atoms with van der Waals surface area (Å²) in [6, 6.07) is 6.19. The first-order valence-corrected chi connectivity index (χ1v) is 7.55. The number of benzene rings is 1. The van der Waals surface area contributed by atoms with Gasteiger partial charge < -0.3 is 15.8 Å². The van der Waals surface area contributed by atoms with E-state index in [4.69, 9.17) is 10.5 Å². The third kappa shape index (κ3) is 2.72. The van der Waals surface area contributed by atoms with Crippen molar-refractivity contribution in [1.82, 2.24) is 0 Å². The molecule has 108 valence electrons. The molecule has 0 radical (unpaired) electrons. The Morgan fingerprint density at radius 3 is 2.95 bits per heavy atom. The zero-order chi connectivity index (χ0) is 13.9. The molecule has 0 aromatic heterocycles. The predicted octanol–water partition coefficient (Wildman–Crippen LogP) is 2.01. The van der Waals surface area contributed by atoms with Gasteiger partial charge in [0.15, 0.2) is 0 Å². The maximum atomic E-state index is 12.3. The minimum atomic E-state index is -0.344. The Morgan fingerprint density at radius 1 is 1.30 bits per heavy atom. The van der Waals surface area contributed by atoms with Gasteiger partial charge in [-0.1, -0.05) is 12.1 Å². The van der Waals surface area contributed by atoms with E-state index in [1.165, 1.54) is 24.0 Å². The zero-order valence-corrected chi connectivity index (χ0v) is 11.7. The van der Waals surface area contributed by atoms with Gasteiger partial charge in [0.1, 0.15) is 6.10 Å². The fourth-order valence-electron chi connectivity index (χ4n) is 3.18. The monoisotopic (exact) mass is 274 g/mol. The molecule has 0 saturated carbocycles. The topological polar surface area (TPSA) is 64.4 Å². The summed E-state index contributed by atoms with van der Waals surface area (Å²) in [5.41, 5.74) is 9.23. The number of nitrogens with one attached hydrogen (secondary N) is 1. The minimum Gasteiger partial charge on any atom is -0.364 e. The molecular formula is C16H22N2O2. The highest BCUT2D eigenvalue weighted by Crippen LogP contribution is 2.28. The summed E-state index contributed by atoms with van der Waals surface area (Å²) in [6.07, 6.45) is 5.96. The molecule has 1 amide bonds. The molecule has 3 rings (SSSR count). The number of anilines is 1. The van der Waals surface area contributed by atoms with Crippen molar-refractivity contribution in [2.45, 2.75) is 50.7 Å². The molecule has 1 aromatic rings. The van der Waals surface area contributed by atoms with Crippen LogP contribution < -0.4 is 11.1 Å². The molecule has 4 nitrogen and oxygen atoms in total. The van der Waals surface area contributed by atoms with Gasteiger partial charge in [-0.2, -0.15) is 0 Å². The number of fused-ring (bicyclic) bond motifs is 1. The number of ether oxygens (including phenoxy) is 1. The lowest BCUT2D eigenvalue weighted by atomic mass is 9.90. The SMILES string of the molecule is NC[C@H]1CC[C@@H](C(=O)Nc2cccc3c2CCCC3)O1. The average Bonchev–Trinajstić information content (AvgIpc) is 2.97. The second kappa shape index (κ2) is 5.94. The highest BCUT2D eigenvalue weighted by molar-refractivity contribution is 5.95. The Labute approximate surface area is 119 Å². The smallest absolute Gasteiger partial charge is 0.253 e. The third-order valence-corrected chi connectivity index (χ3v) is 4.32. The number of carbonyl (C=O) groups is 1. The van der Waals surface area contributed by atoms with E-state index in [1.807, 2.05) is 12.1 Å². The van der Waals surface area contributed by atoms with Crippen LogP contribution in [0.4, 0.5) is 5.69 Å². The molecule has 1 saturated heterocycles. The van der Waals surface area contributed by atoms with Crippen LogP contribution in [0.5, 0.6) is 0 Å². The Balaban J connectivity index is 1.70. The zero-order valence-electron chi connectivity index (χ0n) is 11.7. The van der Waals surface area contributed by atoms with Crippen LogP contribution in [0.15, 0.2) is 18.2 Å². The van der Waals surface area contributed by atoms with Crippen molar-refractivity contribution in [3.63, 3.8) is 0 Å². The molecule has 2 atom stereocenters. The van der Waals surface area contributed by atoms with Crippen molar-refractivity contribution in [2.75, 3.05) is 11.9 Å². The molecular weight excluding hydrogens is 252 g/mol. The summed E-state index contributed by atoms with van der Waals surface area (Å²) >= 11 is 0. The number of hydrogen-bond donors (Lipinski definition) is 2. The van der Waals surface area contributed by atoms with Crippen molar-refractivity contribution in [2.24, 2.45) is 5.73 Å². The number of aryl methyl sites for hydroxylation is 1. The average molecular weight is 274 g/mol. The van der Waals surface area contributed by atoms with Crippen LogP contribution in [0, 0.1) is 0 Å². The predicted molar refractivity (Wildman–Crippen MR) is 78.7 cm³/mol. The fourth-order valence-corrected chi connectivity index (χ4v) is 3.18. The minimum absolute atomic E-state index is 0.0278. The van der Waals surface area contributed by atoms with Gasteiger partial charge in [0.05, 0.1) is 6.10 Å². The summed E-state index contributed by atoms with van der Waals surface area (Å²) < 4.78 is 5.65. The first-order valence-electron chi connectivity index (χ1n) is 7.55. The van der Waals surface area contributed by atoms with Crippen molar-refractivity contribution in [3.05, 3.63) is 29.3 Å². The molecule has 1 fully saturated rings. The molecule has 1 aliphatic carbocycles. The quantitative estimate of drug-likeness (QED) is 0.886. The van der Waals surface area contributed by atoms with E-state index in [-0.39, 0.29) is 18.1 Å². The van der Waals surface area contributed by atoms with Crippen LogP contribution in [0.1, 0.15) is 36.8 Å². The van der Waals surface area contributed by atoms with E-state index < -0.39 is 0 Å². The number of hydrogen-bond acceptors (Lipinski definition) is 3. The molecule has 2 aliphatic rings. The van der Waals surface area contributed by atoms with Gasteiger partial charge in [0.25, 0.3) is 5.91 Å². The van der Waals surface area contributed by atoms with Gasteiger partial charge in [-0.25, -0.2) is 0 Å². The van der Waals surface area contributed by atoms with Crippen molar-refractivity contribution < 1.29 is 9.53 Å². The normalized spacial score (nSPS) is 25.2. The summed E-state index contributed by atoms with van der Waals surface area (Å²) in [7, 11) is 0. The lowest BCUT2D eigenvalue weighted by Crippen LogP contribution is -2.30. The molecule has 1 heterocycles. The largest absolute Gasteiger partial charge is 0.364 e. The van der Waals surface area contributed by atoms with Gasteiger partial charge in [-0.3, -0.25) is 4.79 Å². The fraction of sp³-hybridized carbons (Fsp3) is 0.562. The number of rotatable bonds is 3. The van der Waals surface area contributed by atoms with E-state index in [2.05, 4.69) is 11.4 Å². The maximum absolute atomic E-state index is 12.3. The number of carbonyl (C=O) groups excluding carboxylic acids is 1.